The minimum absolute atomic E-state index is 0.0638. The van der Waals surface area contributed by atoms with Gasteiger partial charge in [0.05, 0.1) is 20.1 Å². The van der Waals surface area contributed by atoms with Crippen LogP contribution in [-0.2, 0) is 30.8 Å². The number of benzene rings is 2. The molecule has 0 bridgehead atoms. The van der Waals surface area contributed by atoms with Gasteiger partial charge in [0.2, 0.25) is 5.91 Å². The molecule has 0 radical (unpaired) electrons. The van der Waals surface area contributed by atoms with Gasteiger partial charge >= 0.3 is 0 Å². The highest BCUT2D eigenvalue weighted by atomic mass is 35.5. The molecular weight excluding hydrogens is 447 g/mol. The molecule has 0 spiro atoms. The molecule has 0 fully saturated rings. The van der Waals surface area contributed by atoms with Crippen molar-refractivity contribution in [1.29, 1.82) is 0 Å². The van der Waals surface area contributed by atoms with E-state index in [-0.39, 0.29) is 31.0 Å². The Balaban J connectivity index is 1.70. The van der Waals surface area contributed by atoms with Crippen molar-refractivity contribution in [2.45, 2.75) is 33.0 Å². The lowest BCUT2D eigenvalue weighted by Gasteiger charge is -2.14. The topological polar surface area (TPSA) is 98.4 Å². The molecule has 174 valence electrons. The number of nitrogens with one attached hydrogen (secondary N) is 2. The Bertz CT molecular complexity index is 1210. The molecule has 1 heterocycles. The molecule has 7 nitrogen and oxygen atoms in total. The number of carbonyl (C=O) groups is 1. The van der Waals surface area contributed by atoms with Crippen LogP contribution in [-0.4, -0.2) is 17.7 Å². The van der Waals surface area contributed by atoms with Crippen LogP contribution in [0, 0.1) is 12.7 Å². The first kappa shape index (κ1) is 24.3. The number of hydrogen-bond acceptors (Lipinski definition) is 5. The lowest BCUT2D eigenvalue weighted by molar-refractivity contribution is -0.120. The van der Waals surface area contributed by atoms with Gasteiger partial charge in [-0.3, -0.25) is 9.59 Å². The smallest absolute Gasteiger partial charge is 0.272 e. The van der Waals surface area contributed by atoms with E-state index >= 15 is 0 Å². The maximum atomic E-state index is 14.1. The number of amides is 1. The summed E-state index contributed by atoms with van der Waals surface area (Å²) >= 11 is 6.04. The van der Waals surface area contributed by atoms with Crippen molar-refractivity contribution in [3.8, 4) is 5.75 Å². The number of halogens is 2. The molecule has 3 rings (SSSR count). The summed E-state index contributed by atoms with van der Waals surface area (Å²) in [6.45, 7) is 2.40. The lowest BCUT2D eigenvalue weighted by Crippen LogP contribution is -2.34. The average molecular weight is 473 g/mol. The largest absolute Gasteiger partial charge is 0.497 e. The zero-order chi connectivity index (χ0) is 24.0. The van der Waals surface area contributed by atoms with Crippen molar-refractivity contribution < 1.29 is 13.9 Å². The third-order valence-corrected chi connectivity index (χ3v) is 5.56. The number of aryl methyl sites for hydroxylation is 1. The van der Waals surface area contributed by atoms with Crippen LogP contribution in [0.5, 0.6) is 5.75 Å². The van der Waals surface area contributed by atoms with E-state index in [0.717, 1.165) is 11.1 Å². The van der Waals surface area contributed by atoms with E-state index in [1.807, 2.05) is 6.07 Å². The monoisotopic (exact) mass is 472 g/mol. The molecular formula is C24H26ClFN4O3. The van der Waals surface area contributed by atoms with Crippen molar-refractivity contribution in [2.75, 3.05) is 12.5 Å². The van der Waals surface area contributed by atoms with Gasteiger partial charge in [-0.15, -0.1) is 0 Å². The Hall–Kier alpha value is -3.36. The molecule has 33 heavy (non-hydrogen) atoms. The van der Waals surface area contributed by atoms with Crippen molar-refractivity contribution in [2.24, 2.45) is 5.73 Å². The predicted octanol–water partition coefficient (Wildman–Crippen LogP) is 3.02. The molecule has 0 saturated carbocycles. The van der Waals surface area contributed by atoms with Crippen LogP contribution in [0.4, 0.5) is 4.39 Å². The highest BCUT2D eigenvalue weighted by Crippen LogP contribution is 2.17. The summed E-state index contributed by atoms with van der Waals surface area (Å²) in [6, 6.07) is 11.4. The van der Waals surface area contributed by atoms with E-state index < -0.39 is 5.82 Å². The van der Waals surface area contributed by atoms with Crippen LogP contribution in [0.2, 0.25) is 5.02 Å². The van der Waals surface area contributed by atoms with Gasteiger partial charge in [-0.2, -0.15) is 0 Å². The van der Waals surface area contributed by atoms with Gasteiger partial charge in [0, 0.05) is 35.4 Å². The number of methoxy groups -OCH3 is 1. The Kier molecular flexibility index (Phi) is 8.08. The molecule has 0 aliphatic rings. The molecule has 4 N–H and O–H groups in total. The first-order chi connectivity index (χ1) is 15.8. The van der Waals surface area contributed by atoms with E-state index in [1.54, 1.807) is 37.4 Å². The molecule has 1 amide bonds. The Morgan fingerprint density at radius 2 is 1.91 bits per heavy atom. The quantitative estimate of drug-likeness (QED) is 0.444. The zero-order valence-corrected chi connectivity index (χ0v) is 19.2. The summed E-state index contributed by atoms with van der Waals surface area (Å²) < 4.78 is 20.4. The second-order valence-electron chi connectivity index (χ2n) is 7.52. The maximum Gasteiger partial charge on any atom is 0.272 e. The van der Waals surface area contributed by atoms with E-state index in [4.69, 9.17) is 22.1 Å². The van der Waals surface area contributed by atoms with E-state index in [2.05, 4.69) is 10.7 Å². The summed E-state index contributed by atoms with van der Waals surface area (Å²) in [7, 11) is 1.50. The molecule has 0 unspecified atom stereocenters. The second-order valence-corrected chi connectivity index (χ2v) is 7.95. The van der Waals surface area contributed by atoms with Gasteiger partial charge in [-0.1, -0.05) is 17.7 Å². The molecule has 0 saturated heterocycles. The van der Waals surface area contributed by atoms with Crippen LogP contribution < -0.4 is 26.8 Å². The number of hydrogen-bond donors (Lipinski definition) is 3. The predicted molar refractivity (Wildman–Crippen MR) is 126 cm³/mol. The SMILES string of the molecule is COc1ccc(F)c(CNn2ccc(C)c(CC(=O)NCc3cc(Cl)ccc3CN)c2=O)c1. The number of carbonyl (C=O) groups excluding carboxylic acids is 1. The summed E-state index contributed by atoms with van der Waals surface area (Å²) in [4.78, 5) is 25.5. The van der Waals surface area contributed by atoms with E-state index in [9.17, 15) is 14.0 Å². The van der Waals surface area contributed by atoms with Crippen molar-refractivity contribution >= 4 is 17.5 Å². The Morgan fingerprint density at radius 3 is 2.64 bits per heavy atom. The average Bonchev–Trinajstić information content (AvgIpc) is 2.81. The van der Waals surface area contributed by atoms with Gasteiger partial charge in [-0.25, -0.2) is 9.07 Å². The Morgan fingerprint density at radius 1 is 1.12 bits per heavy atom. The lowest BCUT2D eigenvalue weighted by atomic mass is 10.1. The van der Waals surface area contributed by atoms with E-state index in [1.165, 1.54) is 23.9 Å². The van der Waals surface area contributed by atoms with E-state index in [0.29, 0.717) is 34.0 Å². The number of ether oxygens (including phenoxy) is 1. The van der Waals surface area contributed by atoms with Crippen molar-refractivity contribution in [3.63, 3.8) is 0 Å². The number of aromatic nitrogens is 1. The van der Waals surface area contributed by atoms with Crippen LogP contribution >= 0.6 is 11.6 Å². The molecule has 9 heteroatoms. The number of pyridine rings is 1. The van der Waals surface area contributed by atoms with Crippen molar-refractivity contribution in [1.82, 2.24) is 9.99 Å². The van der Waals surface area contributed by atoms with Crippen molar-refractivity contribution in [3.05, 3.63) is 97.7 Å². The summed E-state index contributed by atoms with van der Waals surface area (Å²) in [5, 5.41) is 3.37. The minimum Gasteiger partial charge on any atom is -0.497 e. The van der Waals surface area contributed by atoms with Gasteiger partial charge in [-0.05, 0) is 60.0 Å². The van der Waals surface area contributed by atoms with Crippen LogP contribution in [0.3, 0.4) is 0 Å². The second kappa shape index (κ2) is 11.0. The first-order valence-electron chi connectivity index (χ1n) is 10.3. The highest BCUT2D eigenvalue weighted by molar-refractivity contribution is 6.30. The normalized spacial score (nSPS) is 10.7. The van der Waals surface area contributed by atoms with Gasteiger partial charge in [0.25, 0.3) is 5.56 Å². The summed E-state index contributed by atoms with van der Waals surface area (Å²) in [5.74, 6) is -0.213. The molecule has 3 aromatic rings. The zero-order valence-electron chi connectivity index (χ0n) is 18.5. The number of nitrogens with zero attached hydrogens (tertiary/aromatic N) is 1. The fourth-order valence-corrected chi connectivity index (χ4v) is 3.56. The first-order valence-corrected chi connectivity index (χ1v) is 10.7. The molecule has 2 aromatic carbocycles. The fraction of sp³-hybridized carbons (Fsp3) is 0.250. The summed E-state index contributed by atoms with van der Waals surface area (Å²) in [6.07, 6.45) is 1.45. The summed E-state index contributed by atoms with van der Waals surface area (Å²) in [5.41, 5.74) is 11.3. The van der Waals surface area contributed by atoms with Gasteiger partial charge < -0.3 is 21.2 Å². The van der Waals surface area contributed by atoms with Gasteiger partial charge in [0.1, 0.15) is 11.6 Å². The van der Waals surface area contributed by atoms with Gasteiger partial charge in [0.15, 0.2) is 0 Å². The van der Waals surface area contributed by atoms with Crippen LogP contribution in [0.15, 0.2) is 53.5 Å². The fourth-order valence-electron chi connectivity index (χ4n) is 3.37. The Labute approximate surface area is 196 Å². The highest BCUT2D eigenvalue weighted by Gasteiger charge is 2.13. The molecule has 1 aromatic heterocycles. The minimum atomic E-state index is -0.416. The third-order valence-electron chi connectivity index (χ3n) is 5.32. The molecule has 0 aliphatic carbocycles. The molecule has 0 atom stereocenters. The number of rotatable bonds is 9. The maximum absolute atomic E-state index is 14.1. The van der Waals surface area contributed by atoms with Crippen LogP contribution in [0.1, 0.15) is 27.8 Å². The third kappa shape index (κ3) is 6.12. The van der Waals surface area contributed by atoms with Crippen LogP contribution in [0.25, 0.3) is 0 Å². The number of nitrogens with two attached hydrogens (primary N) is 1. The molecule has 0 aliphatic heterocycles. The standard InChI is InChI=1S/C24H26ClFN4O3/c1-15-7-8-30(29-14-18-10-20(33-2)5-6-22(18)26)24(32)21(15)11-23(31)28-13-17-9-19(25)4-3-16(17)12-27/h3-10,29H,11-14,27H2,1-2H3,(H,28,31).